The Morgan fingerprint density at radius 1 is 1.18 bits per heavy atom. The van der Waals surface area contributed by atoms with E-state index in [9.17, 15) is 9.65 Å². The SMILES string of the molecule is CC(C)Oc1cccc(C(C#N)NCc2ccc(F)cc2)c1. The van der Waals surface area contributed by atoms with Gasteiger partial charge in [-0.25, -0.2) is 4.39 Å². The normalized spacial score (nSPS) is 12.0. The summed E-state index contributed by atoms with van der Waals surface area (Å²) in [6.07, 6.45) is 0.0861. The molecule has 1 atom stereocenters. The molecule has 2 rings (SSSR count). The summed E-state index contributed by atoms with van der Waals surface area (Å²) in [4.78, 5) is 0. The molecule has 0 bridgehead atoms. The van der Waals surface area contributed by atoms with Crippen LogP contribution >= 0.6 is 0 Å². The van der Waals surface area contributed by atoms with Gasteiger partial charge in [0.2, 0.25) is 0 Å². The third kappa shape index (κ3) is 4.57. The molecule has 114 valence electrons. The first-order valence-electron chi connectivity index (χ1n) is 7.22. The fourth-order valence-electron chi connectivity index (χ4n) is 2.10. The van der Waals surface area contributed by atoms with Gasteiger partial charge in [-0.3, -0.25) is 5.32 Å². The molecule has 0 aromatic heterocycles. The van der Waals surface area contributed by atoms with Gasteiger partial charge in [0.25, 0.3) is 0 Å². The van der Waals surface area contributed by atoms with Gasteiger partial charge in [0.1, 0.15) is 17.6 Å². The molecule has 0 spiro atoms. The molecule has 1 N–H and O–H groups in total. The average molecular weight is 298 g/mol. The quantitative estimate of drug-likeness (QED) is 0.877. The number of hydrogen-bond acceptors (Lipinski definition) is 3. The van der Waals surface area contributed by atoms with Crippen molar-refractivity contribution in [3.8, 4) is 11.8 Å². The molecule has 0 amide bonds. The van der Waals surface area contributed by atoms with Crippen LogP contribution in [0.25, 0.3) is 0 Å². The van der Waals surface area contributed by atoms with Crippen molar-refractivity contribution in [2.75, 3.05) is 0 Å². The monoisotopic (exact) mass is 298 g/mol. The van der Waals surface area contributed by atoms with E-state index in [1.165, 1.54) is 12.1 Å². The summed E-state index contributed by atoms with van der Waals surface area (Å²) in [5.41, 5.74) is 1.78. The zero-order valence-corrected chi connectivity index (χ0v) is 12.7. The summed E-state index contributed by atoms with van der Waals surface area (Å²) in [6, 6.07) is 15.5. The molecule has 0 saturated heterocycles. The van der Waals surface area contributed by atoms with Gasteiger partial charge in [-0.2, -0.15) is 5.26 Å². The van der Waals surface area contributed by atoms with Gasteiger partial charge in [0, 0.05) is 6.54 Å². The van der Waals surface area contributed by atoms with Crippen LogP contribution in [0.15, 0.2) is 48.5 Å². The Morgan fingerprint density at radius 2 is 1.91 bits per heavy atom. The Hall–Kier alpha value is -2.38. The van der Waals surface area contributed by atoms with E-state index in [-0.39, 0.29) is 11.9 Å². The fraction of sp³-hybridized carbons (Fsp3) is 0.278. The van der Waals surface area contributed by atoms with Crippen molar-refractivity contribution < 1.29 is 9.13 Å². The molecule has 0 heterocycles. The molecule has 1 unspecified atom stereocenters. The van der Waals surface area contributed by atoms with Crippen LogP contribution in [-0.4, -0.2) is 6.10 Å². The predicted octanol–water partition coefficient (Wildman–Crippen LogP) is 3.97. The Bertz CT molecular complexity index is 647. The smallest absolute Gasteiger partial charge is 0.123 e. The Morgan fingerprint density at radius 3 is 2.55 bits per heavy atom. The van der Waals surface area contributed by atoms with Gasteiger partial charge in [0.05, 0.1) is 12.2 Å². The summed E-state index contributed by atoms with van der Waals surface area (Å²) in [6.45, 7) is 4.41. The third-order valence-corrected chi connectivity index (χ3v) is 3.12. The van der Waals surface area contributed by atoms with Gasteiger partial charge in [-0.1, -0.05) is 24.3 Å². The van der Waals surface area contributed by atoms with Crippen molar-refractivity contribution in [1.82, 2.24) is 5.32 Å². The van der Waals surface area contributed by atoms with Crippen LogP contribution in [0, 0.1) is 17.1 Å². The molecule has 2 aromatic carbocycles. The van der Waals surface area contributed by atoms with Crippen molar-refractivity contribution in [2.45, 2.75) is 32.5 Å². The average Bonchev–Trinajstić information content (AvgIpc) is 2.49. The first-order valence-corrected chi connectivity index (χ1v) is 7.22. The van der Waals surface area contributed by atoms with Crippen LogP contribution in [-0.2, 0) is 6.54 Å². The number of nitriles is 1. The highest BCUT2D eigenvalue weighted by atomic mass is 19.1. The van der Waals surface area contributed by atoms with E-state index >= 15 is 0 Å². The Kier molecular flexibility index (Phi) is 5.51. The van der Waals surface area contributed by atoms with Crippen molar-refractivity contribution in [1.29, 1.82) is 5.26 Å². The van der Waals surface area contributed by atoms with Gasteiger partial charge in [-0.05, 0) is 49.2 Å². The number of halogens is 1. The van der Waals surface area contributed by atoms with Crippen molar-refractivity contribution in [3.63, 3.8) is 0 Å². The lowest BCUT2D eigenvalue weighted by molar-refractivity contribution is 0.242. The fourth-order valence-corrected chi connectivity index (χ4v) is 2.10. The predicted molar refractivity (Wildman–Crippen MR) is 83.8 cm³/mol. The summed E-state index contributed by atoms with van der Waals surface area (Å²) >= 11 is 0. The number of nitrogens with one attached hydrogen (secondary N) is 1. The van der Waals surface area contributed by atoms with Gasteiger partial charge >= 0.3 is 0 Å². The van der Waals surface area contributed by atoms with E-state index in [0.717, 1.165) is 16.9 Å². The van der Waals surface area contributed by atoms with Crippen molar-refractivity contribution >= 4 is 0 Å². The number of benzene rings is 2. The van der Waals surface area contributed by atoms with Crippen LogP contribution in [0.1, 0.15) is 31.0 Å². The molecular weight excluding hydrogens is 279 g/mol. The number of hydrogen-bond donors (Lipinski definition) is 1. The number of nitrogens with zero attached hydrogens (tertiary/aromatic N) is 1. The van der Waals surface area contributed by atoms with E-state index in [1.807, 2.05) is 38.1 Å². The van der Waals surface area contributed by atoms with E-state index in [1.54, 1.807) is 12.1 Å². The molecule has 3 nitrogen and oxygen atoms in total. The maximum atomic E-state index is 12.9. The van der Waals surface area contributed by atoms with E-state index in [0.29, 0.717) is 6.54 Å². The first-order chi connectivity index (χ1) is 10.6. The van der Waals surface area contributed by atoms with Gasteiger partial charge in [0.15, 0.2) is 0 Å². The van der Waals surface area contributed by atoms with E-state index in [4.69, 9.17) is 4.74 Å². The van der Waals surface area contributed by atoms with Crippen LogP contribution in [0.4, 0.5) is 4.39 Å². The molecule has 2 aromatic rings. The van der Waals surface area contributed by atoms with Crippen LogP contribution < -0.4 is 10.1 Å². The second kappa shape index (κ2) is 7.58. The van der Waals surface area contributed by atoms with E-state index in [2.05, 4.69) is 11.4 Å². The van der Waals surface area contributed by atoms with Crippen LogP contribution in [0.3, 0.4) is 0 Å². The first kappa shape index (κ1) is 16.0. The molecule has 4 heteroatoms. The number of rotatable bonds is 6. The maximum Gasteiger partial charge on any atom is 0.123 e. The molecule has 0 aliphatic carbocycles. The molecule has 22 heavy (non-hydrogen) atoms. The van der Waals surface area contributed by atoms with Crippen LogP contribution in [0.5, 0.6) is 5.75 Å². The summed E-state index contributed by atoms with van der Waals surface area (Å²) in [5.74, 6) is 0.482. The zero-order chi connectivity index (χ0) is 15.9. The van der Waals surface area contributed by atoms with Crippen LogP contribution in [0.2, 0.25) is 0 Å². The van der Waals surface area contributed by atoms with Crippen molar-refractivity contribution in [2.24, 2.45) is 0 Å². The van der Waals surface area contributed by atoms with E-state index < -0.39 is 6.04 Å². The van der Waals surface area contributed by atoms with Gasteiger partial charge < -0.3 is 4.74 Å². The topological polar surface area (TPSA) is 45.0 Å². The minimum absolute atomic E-state index is 0.0861. The minimum Gasteiger partial charge on any atom is -0.491 e. The number of ether oxygens (including phenoxy) is 1. The second-order valence-electron chi connectivity index (χ2n) is 5.31. The zero-order valence-electron chi connectivity index (χ0n) is 12.7. The summed E-state index contributed by atoms with van der Waals surface area (Å²) in [5, 5.41) is 12.5. The highest BCUT2D eigenvalue weighted by Crippen LogP contribution is 2.20. The molecule has 0 aliphatic heterocycles. The molecule has 0 radical (unpaired) electrons. The third-order valence-electron chi connectivity index (χ3n) is 3.12. The summed E-state index contributed by atoms with van der Waals surface area (Å²) in [7, 11) is 0. The Labute approximate surface area is 130 Å². The highest BCUT2D eigenvalue weighted by molar-refractivity contribution is 5.33. The highest BCUT2D eigenvalue weighted by Gasteiger charge is 2.11. The molecule has 0 aliphatic rings. The molecular formula is C18H19FN2O. The largest absolute Gasteiger partial charge is 0.491 e. The lowest BCUT2D eigenvalue weighted by Gasteiger charge is -2.15. The lowest BCUT2D eigenvalue weighted by atomic mass is 10.1. The van der Waals surface area contributed by atoms with Gasteiger partial charge in [-0.15, -0.1) is 0 Å². The minimum atomic E-state index is -0.444. The second-order valence-corrected chi connectivity index (χ2v) is 5.31. The lowest BCUT2D eigenvalue weighted by Crippen LogP contribution is -2.19. The summed E-state index contributed by atoms with van der Waals surface area (Å²) < 4.78 is 18.5. The Balaban J connectivity index is 2.05. The molecule has 0 saturated carbocycles. The molecule has 0 fully saturated rings. The maximum absolute atomic E-state index is 12.9. The van der Waals surface area contributed by atoms with Crippen molar-refractivity contribution in [3.05, 3.63) is 65.5 Å². The standard InChI is InChI=1S/C18H19FN2O/c1-13(2)22-17-5-3-4-15(10-17)18(11-20)21-12-14-6-8-16(19)9-7-14/h3-10,13,18,21H,12H2,1-2H3.